The molecule has 2 aromatic heterocycles. The summed E-state index contributed by atoms with van der Waals surface area (Å²) in [4.78, 5) is 23.0. The molecule has 0 bridgehead atoms. The van der Waals surface area contributed by atoms with Crippen molar-refractivity contribution in [2.45, 2.75) is 37.6 Å². The number of carbonyl (C=O) groups is 1. The van der Waals surface area contributed by atoms with Crippen LogP contribution < -0.4 is 0 Å². The topological polar surface area (TPSA) is 72.1 Å². The molecule has 0 spiro atoms. The minimum atomic E-state index is -0.0873. The van der Waals surface area contributed by atoms with E-state index in [1.807, 2.05) is 11.0 Å². The molecule has 1 saturated carbocycles. The van der Waals surface area contributed by atoms with Gasteiger partial charge in [-0.05, 0) is 37.8 Å². The Bertz CT molecular complexity index is 651. The Morgan fingerprint density at radius 3 is 2.95 bits per heavy atom. The zero-order chi connectivity index (χ0) is 14.2. The highest BCUT2D eigenvalue weighted by Gasteiger charge is 2.36. The first-order valence-corrected chi connectivity index (χ1v) is 7.38. The van der Waals surface area contributed by atoms with Crippen molar-refractivity contribution in [1.82, 2.24) is 20.0 Å². The van der Waals surface area contributed by atoms with Crippen molar-refractivity contribution in [3.63, 3.8) is 0 Å². The average molecular weight is 284 g/mol. The van der Waals surface area contributed by atoms with Crippen LogP contribution in [0.2, 0.25) is 0 Å². The molecule has 4 rings (SSSR count). The SMILES string of the molecule is O=C(c1ccccn1)N1CCC[C@@H]1c1noc(C2CC2)n1. The molecule has 2 aromatic rings. The molecule has 1 aliphatic heterocycles. The number of rotatable bonds is 3. The highest BCUT2D eigenvalue weighted by atomic mass is 16.5. The maximum atomic E-state index is 12.6. The van der Waals surface area contributed by atoms with Crippen molar-refractivity contribution >= 4 is 5.91 Å². The molecule has 6 nitrogen and oxygen atoms in total. The molecular weight excluding hydrogens is 268 g/mol. The monoisotopic (exact) mass is 284 g/mol. The molecule has 0 aromatic carbocycles. The molecule has 21 heavy (non-hydrogen) atoms. The lowest BCUT2D eigenvalue weighted by Gasteiger charge is -2.21. The van der Waals surface area contributed by atoms with E-state index in [1.54, 1.807) is 18.3 Å². The lowest BCUT2D eigenvalue weighted by Crippen LogP contribution is -2.31. The largest absolute Gasteiger partial charge is 0.339 e. The van der Waals surface area contributed by atoms with Gasteiger partial charge in [0.1, 0.15) is 5.69 Å². The number of hydrogen-bond acceptors (Lipinski definition) is 5. The zero-order valence-corrected chi connectivity index (χ0v) is 11.6. The fraction of sp³-hybridized carbons (Fsp3) is 0.467. The highest BCUT2D eigenvalue weighted by Crippen LogP contribution is 2.40. The molecule has 0 N–H and O–H groups in total. The first-order chi connectivity index (χ1) is 10.3. The fourth-order valence-electron chi connectivity index (χ4n) is 2.79. The minimum Gasteiger partial charge on any atom is -0.339 e. The second-order valence-electron chi connectivity index (χ2n) is 5.64. The van der Waals surface area contributed by atoms with Gasteiger partial charge in [-0.25, -0.2) is 0 Å². The molecule has 0 radical (unpaired) electrons. The van der Waals surface area contributed by atoms with E-state index in [0.29, 0.717) is 24.0 Å². The van der Waals surface area contributed by atoms with E-state index < -0.39 is 0 Å². The van der Waals surface area contributed by atoms with E-state index in [0.717, 1.165) is 31.6 Å². The van der Waals surface area contributed by atoms with Crippen molar-refractivity contribution in [2.75, 3.05) is 6.54 Å². The Hall–Kier alpha value is -2.24. The Labute approximate surface area is 122 Å². The summed E-state index contributed by atoms with van der Waals surface area (Å²) in [6.45, 7) is 0.716. The summed E-state index contributed by atoms with van der Waals surface area (Å²) in [5, 5.41) is 4.09. The summed E-state index contributed by atoms with van der Waals surface area (Å²) in [7, 11) is 0. The minimum absolute atomic E-state index is 0.0594. The lowest BCUT2D eigenvalue weighted by molar-refractivity contribution is 0.0722. The molecular formula is C15H16N4O2. The maximum Gasteiger partial charge on any atom is 0.273 e. The van der Waals surface area contributed by atoms with Gasteiger partial charge in [0.15, 0.2) is 5.82 Å². The van der Waals surface area contributed by atoms with Crippen LogP contribution >= 0.6 is 0 Å². The van der Waals surface area contributed by atoms with Gasteiger partial charge in [-0.3, -0.25) is 9.78 Å². The molecule has 1 aliphatic carbocycles. The molecule has 1 saturated heterocycles. The van der Waals surface area contributed by atoms with Gasteiger partial charge in [0.2, 0.25) is 5.89 Å². The van der Waals surface area contributed by atoms with E-state index >= 15 is 0 Å². The van der Waals surface area contributed by atoms with Crippen molar-refractivity contribution in [3.8, 4) is 0 Å². The van der Waals surface area contributed by atoms with E-state index in [4.69, 9.17) is 4.52 Å². The predicted octanol–water partition coefficient (Wildman–Crippen LogP) is 2.32. The van der Waals surface area contributed by atoms with Gasteiger partial charge in [0.25, 0.3) is 5.91 Å². The molecule has 2 fully saturated rings. The lowest BCUT2D eigenvalue weighted by atomic mass is 10.2. The van der Waals surface area contributed by atoms with E-state index in [9.17, 15) is 4.79 Å². The van der Waals surface area contributed by atoms with E-state index in [-0.39, 0.29) is 11.9 Å². The standard InChI is InChI=1S/C15H16N4O2/c20-15(11-4-1-2-8-16-11)19-9-3-5-12(19)13-17-14(21-18-13)10-6-7-10/h1-2,4,8,10,12H,3,5-7,9H2/t12-/m1/s1. The number of nitrogens with zero attached hydrogens (tertiary/aromatic N) is 4. The van der Waals surface area contributed by atoms with Crippen LogP contribution in [0.25, 0.3) is 0 Å². The third kappa shape index (κ3) is 2.30. The summed E-state index contributed by atoms with van der Waals surface area (Å²) < 4.78 is 5.32. The second-order valence-corrected chi connectivity index (χ2v) is 5.64. The molecule has 1 atom stereocenters. The summed E-state index contributed by atoms with van der Waals surface area (Å²) in [5.74, 6) is 1.74. The average Bonchev–Trinajstić information content (AvgIpc) is 3.07. The highest BCUT2D eigenvalue weighted by molar-refractivity contribution is 5.92. The first kappa shape index (κ1) is 12.5. The summed E-state index contributed by atoms with van der Waals surface area (Å²) in [6, 6.07) is 5.28. The number of likely N-dealkylation sites (tertiary alicyclic amines) is 1. The van der Waals surface area contributed by atoms with Gasteiger partial charge in [-0.1, -0.05) is 11.2 Å². The van der Waals surface area contributed by atoms with Gasteiger partial charge in [-0.2, -0.15) is 4.98 Å². The van der Waals surface area contributed by atoms with Gasteiger partial charge >= 0.3 is 0 Å². The molecule has 1 amide bonds. The van der Waals surface area contributed by atoms with Crippen LogP contribution in [0.5, 0.6) is 0 Å². The van der Waals surface area contributed by atoms with Crippen LogP contribution in [-0.4, -0.2) is 32.5 Å². The molecule has 3 heterocycles. The normalized spacial score (nSPS) is 21.7. The number of aromatic nitrogens is 3. The molecule has 108 valence electrons. The van der Waals surface area contributed by atoms with Crippen molar-refractivity contribution in [2.24, 2.45) is 0 Å². The molecule has 2 aliphatic rings. The maximum absolute atomic E-state index is 12.6. The van der Waals surface area contributed by atoms with Crippen LogP contribution in [0.15, 0.2) is 28.9 Å². The Kier molecular flexibility index (Phi) is 2.94. The molecule has 0 unspecified atom stereocenters. The van der Waals surface area contributed by atoms with Crippen molar-refractivity contribution < 1.29 is 9.32 Å². The summed E-state index contributed by atoms with van der Waals surface area (Å²) in [5.41, 5.74) is 0.468. The number of pyridine rings is 1. The smallest absolute Gasteiger partial charge is 0.273 e. The number of carbonyl (C=O) groups excluding carboxylic acids is 1. The van der Waals surface area contributed by atoms with Gasteiger partial charge in [-0.15, -0.1) is 0 Å². The van der Waals surface area contributed by atoms with Crippen LogP contribution in [0.1, 0.15) is 59.8 Å². The third-order valence-electron chi connectivity index (χ3n) is 4.08. The van der Waals surface area contributed by atoms with Crippen molar-refractivity contribution in [1.29, 1.82) is 0 Å². The van der Waals surface area contributed by atoms with E-state index in [2.05, 4.69) is 15.1 Å². The quantitative estimate of drug-likeness (QED) is 0.865. The van der Waals surface area contributed by atoms with Crippen LogP contribution in [-0.2, 0) is 0 Å². The van der Waals surface area contributed by atoms with Crippen LogP contribution in [0.4, 0.5) is 0 Å². The summed E-state index contributed by atoms with van der Waals surface area (Å²) in [6.07, 6.45) is 5.72. The van der Waals surface area contributed by atoms with Crippen LogP contribution in [0, 0.1) is 0 Å². The Balaban J connectivity index is 1.58. The Morgan fingerprint density at radius 2 is 2.19 bits per heavy atom. The third-order valence-corrected chi connectivity index (χ3v) is 4.08. The predicted molar refractivity (Wildman–Crippen MR) is 73.5 cm³/mol. The van der Waals surface area contributed by atoms with Crippen LogP contribution in [0.3, 0.4) is 0 Å². The second kappa shape index (κ2) is 4.95. The van der Waals surface area contributed by atoms with Crippen molar-refractivity contribution in [3.05, 3.63) is 41.8 Å². The van der Waals surface area contributed by atoms with Gasteiger partial charge < -0.3 is 9.42 Å². The number of hydrogen-bond donors (Lipinski definition) is 0. The Morgan fingerprint density at radius 1 is 1.29 bits per heavy atom. The van der Waals surface area contributed by atoms with E-state index in [1.165, 1.54) is 0 Å². The van der Waals surface area contributed by atoms with Gasteiger partial charge in [0, 0.05) is 18.7 Å². The number of amides is 1. The zero-order valence-electron chi connectivity index (χ0n) is 11.6. The first-order valence-electron chi connectivity index (χ1n) is 7.38. The summed E-state index contributed by atoms with van der Waals surface area (Å²) >= 11 is 0. The molecule has 6 heteroatoms. The van der Waals surface area contributed by atoms with Gasteiger partial charge in [0.05, 0.1) is 6.04 Å². The fourth-order valence-corrected chi connectivity index (χ4v) is 2.79.